The van der Waals surface area contributed by atoms with Gasteiger partial charge in [-0.1, -0.05) is 5.92 Å². The van der Waals surface area contributed by atoms with E-state index >= 15 is 0 Å². The van der Waals surface area contributed by atoms with Crippen LogP contribution in [0.25, 0.3) is 0 Å². The van der Waals surface area contributed by atoms with Gasteiger partial charge in [-0.2, -0.15) is 0 Å². The predicted molar refractivity (Wildman–Crippen MR) is 30.1 cm³/mol. The van der Waals surface area contributed by atoms with E-state index in [4.69, 9.17) is 5.11 Å². The molecule has 0 rings (SSSR count). The van der Waals surface area contributed by atoms with Gasteiger partial charge >= 0.3 is 6.16 Å². The van der Waals surface area contributed by atoms with E-state index in [0.717, 1.165) is 0 Å². The maximum atomic E-state index is 9.44. The molecule has 0 saturated carbocycles. The van der Waals surface area contributed by atoms with Gasteiger partial charge in [0, 0.05) is 0 Å². The van der Waals surface area contributed by atoms with E-state index in [-0.39, 0.29) is 19.0 Å². The van der Waals surface area contributed by atoms with Gasteiger partial charge in [-0.05, 0) is 0 Å². The molecule has 0 amide bonds. The van der Waals surface area contributed by atoms with Crippen LogP contribution in [0.3, 0.4) is 0 Å². The normalized spacial score (nSPS) is 5.88. The summed E-state index contributed by atoms with van der Waals surface area (Å²) in [5.41, 5.74) is 0. The van der Waals surface area contributed by atoms with Crippen LogP contribution in [0.15, 0.2) is 0 Å². The molecule has 0 unspecified atom stereocenters. The minimum Gasteiger partial charge on any atom is -0.450 e. The quantitative estimate of drug-likeness (QED) is 0.427. The summed E-state index contributed by atoms with van der Waals surface area (Å²) >= 11 is 0. The minimum absolute atomic E-state index is 0. The third-order valence-corrected chi connectivity index (χ3v) is 0.279. The van der Waals surface area contributed by atoms with Gasteiger partial charge in [-0.15, -0.1) is 18.8 Å². The van der Waals surface area contributed by atoms with Crippen LogP contribution in [0.4, 0.5) is 4.79 Å². The maximum Gasteiger partial charge on any atom is 0.506 e. The third kappa shape index (κ3) is 8.93. The molecule has 0 fully saturated rings. The predicted octanol–water partition coefficient (Wildman–Crippen LogP) is 0.736. The molecule has 0 aliphatic carbocycles. The number of carboxylic acid groups (broad SMARTS) is 1. The van der Waals surface area contributed by atoms with Gasteiger partial charge in [-0.3, -0.25) is 0 Å². The first kappa shape index (κ1) is 10.2. The summed E-state index contributed by atoms with van der Waals surface area (Å²) in [6, 6.07) is 0. The number of hydrogen-bond acceptors (Lipinski definition) is 2. The average molecular weight is 137 g/mol. The van der Waals surface area contributed by atoms with Crippen molar-refractivity contribution in [3.8, 4) is 12.3 Å². The molecule has 1 N–H and O–H groups in total. The van der Waals surface area contributed by atoms with Gasteiger partial charge in [0.15, 0.2) is 6.61 Å². The first-order valence-electron chi connectivity index (χ1n) is 1.56. The Balaban J connectivity index is 0. The van der Waals surface area contributed by atoms with E-state index < -0.39 is 6.16 Å². The summed E-state index contributed by atoms with van der Waals surface area (Å²) in [4.78, 5) is 9.44. The zero-order valence-electron chi connectivity index (χ0n) is 3.96. The molecule has 3 nitrogen and oxygen atoms in total. The molecule has 0 aliphatic rings. The fourth-order valence-corrected chi connectivity index (χ4v) is 0.103. The van der Waals surface area contributed by atoms with Crippen LogP contribution in [-0.4, -0.2) is 17.9 Å². The van der Waals surface area contributed by atoms with Crippen molar-refractivity contribution in [2.45, 2.75) is 0 Å². The lowest BCUT2D eigenvalue weighted by atomic mass is 10.8. The zero-order valence-corrected chi connectivity index (χ0v) is 4.77. The Morgan fingerprint density at radius 2 is 2.38 bits per heavy atom. The second-order valence-electron chi connectivity index (χ2n) is 0.759. The lowest BCUT2D eigenvalue weighted by molar-refractivity contribution is 0.103. The van der Waals surface area contributed by atoms with Gasteiger partial charge in [0.1, 0.15) is 0 Å². The number of halogens is 1. The Labute approximate surface area is 53.1 Å². The molecule has 0 spiro atoms. The standard InChI is InChI=1S/C4H4O3.ClH/c1-2-3-7-4(5)6;/h1H,3H2,(H,5,6);1H. The Hall–Kier alpha value is -0.880. The molecule has 0 saturated heterocycles. The highest BCUT2D eigenvalue weighted by Crippen LogP contribution is 1.70. The molecular formula is C4H5ClO3. The molecule has 8 heavy (non-hydrogen) atoms. The fourth-order valence-electron chi connectivity index (χ4n) is 0.103. The zero-order chi connectivity index (χ0) is 5.70. The highest BCUT2D eigenvalue weighted by Gasteiger charge is 1.88. The summed E-state index contributed by atoms with van der Waals surface area (Å²) in [5, 5.41) is 7.73. The van der Waals surface area contributed by atoms with Crippen LogP contribution in [-0.2, 0) is 4.74 Å². The molecule has 4 heteroatoms. The molecule has 0 aromatic carbocycles. The number of carbonyl (C=O) groups is 1. The highest BCUT2D eigenvalue weighted by molar-refractivity contribution is 5.85. The molecule has 0 aromatic rings. The van der Waals surface area contributed by atoms with Crippen molar-refractivity contribution >= 4 is 18.6 Å². The minimum atomic E-state index is -1.34. The Morgan fingerprint density at radius 1 is 1.88 bits per heavy atom. The van der Waals surface area contributed by atoms with Gasteiger partial charge in [0.2, 0.25) is 0 Å². The van der Waals surface area contributed by atoms with Crippen LogP contribution in [0.5, 0.6) is 0 Å². The van der Waals surface area contributed by atoms with Gasteiger partial charge in [0.25, 0.3) is 0 Å². The molecule has 0 atom stereocenters. The largest absolute Gasteiger partial charge is 0.506 e. The molecule has 0 radical (unpaired) electrons. The lowest BCUT2D eigenvalue weighted by Gasteiger charge is -1.87. The van der Waals surface area contributed by atoms with Crippen molar-refractivity contribution < 1.29 is 14.6 Å². The number of ether oxygens (including phenoxy) is 1. The lowest BCUT2D eigenvalue weighted by Crippen LogP contribution is -1.98. The van der Waals surface area contributed by atoms with Crippen molar-refractivity contribution in [1.29, 1.82) is 0 Å². The van der Waals surface area contributed by atoms with Crippen molar-refractivity contribution in [2.75, 3.05) is 6.61 Å². The maximum absolute atomic E-state index is 9.44. The summed E-state index contributed by atoms with van der Waals surface area (Å²) in [5.74, 6) is 2.00. The van der Waals surface area contributed by atoms with E-state index in [2.05, 4.69) is 11.2 Å². The third-order valence-electron chi connectivity index (χ3n) is 0.279. The van der Waals surface area contributed by atoms with Crippen LogP contribution >= 0.6 is 12.4 Å². The van der Waals surface area contributed by atoms with Gasteiger partial charge < -0.3 is 9.84 Å². The van der Waals surface area contributed by atoms with Crippen molar-refractivity contribution in [1.82, 2.24) is 0 Å². The SMILES string of the molecule is C#CCOC(=O)O.Cl. The van der Waals surface area contributed by atoms with Crippen molar-refractivity contribution in [3.05, 3.63) is 0 Å². The van der Waals surface area contributed by atoms with E-state index in [0.29, 0.717) is 0 Å². The van der Waals surface area contributed by atoms with Crippen LogP contribution in [0.2, 0.25) is 0 Å². The van der Waals surface area contributed by atoms with Gasteiger partial charge in [-0.25, -0.2) is 4.79 Å². The van der Waals surface area contributed by atoms with Crippen molar-refractivity contribution in [3.63, 3.8) is 0 Å². The second-order valence-corrected chi connectivity index (χ2v) is 0.759. The first-order chi connectivity index (χ1) is 3.27. The molecule has 0 bridgehead atoms. The monoisotopic (exact) mass is 136 g/mol. The van der Waals surface area contributed by atoms with Crippen LogP contribution < -0.4 is 0 Å². The summed E-state index contributed by atoms with van der Waals surface area (Å²) < 4.78 is 3.87. The van der Waals surface area contributed by atoms with Crippen LogP contribution in [0, 0.1) is 12.3 Å². The summed E-state index contributed by atoms with van der Waals surface area (Å²) in [6.07, 6.45) is 3.30. The molecule has 0 heterocycles. The number of rotatable bonds is 1. The topological polar surface area (TPSA) is 46.5 Å². The molecule has 0 aliphatic heterocycles. The van der Waals surface area contributed by atoms with E-state index in [1.807, 2.05) is 5.92 Å². The van der Waals surface area contributed by atoms with E-state index in [9.17, 15) is 4.79 Å². The second kappa shape index (κ2) is 6.12. The molecule has 0 aromatic heterocycles. The highest BCUT2D eigenvalue weighted by atomic mass is 35.5. The van der Waals surface area contributed by atoms with E-state index in [1.165, 1.54) is 0 Å². The van der Waals surface area contributed by atoms with Crippen LogP contribution in [0.1, 0.15) is 0 Å². The smallest absolute Gasteiger partial charge is 0.450 e. The van der Waals surface area contributed by atoms with E-state index in [1.54, 1.807) is 0 Å². The Kier molecular flexibility index (Phi) is 7.78. The van der Waals surface area contributed by atoms with Crippen molar-refractivity contribution in [2.24, 2.45) is 0 Å². The first-order valence-corrected chi connectivity index (χ1v) is 1.56. The van der Waals surface area contributed by atoms with Gasteiger partial charge in [0.05, 0.1) is 0 Å². The Bertz CT molecular complexity index is 104. The average Bonchev–Trinajstić information content (AvgIpc) is 1.61. The molecule has 46 valence electrons. The fraction of sp³-hybridized carbons (Fsp3) is 0.250. The number of terminal acetylenes is 1. The summed E-state index contributed by atoms with van der Waals surface area (Å²) in [7, 11) is 0. The molecular weight excluding hydrogens is 131 g/mol. The Morgan fingerprint density at radius 3 is 2.50 bits per heavy atom. The number of hydrogen-bond donors (Lipinski definition) is 1. The summed E-state index contributed by atoms with van der Waals surface area (Å²) in [6.45, 7) is -0.171.